The van der Waals surface area contributed by atoms with E-state index in [1.807, 2.05) is 17.8 Å². The molecule has 1 aromatic carbocycles. The van der Waals surface area contributed by atoms with E-state index < -0.39 is 0 Å². The molecule has 6 nitrogen and oxygen atoms in total. The molecule has 0 spiro atoms. The van der Waals surface area contributed by atoms with Crippen LogP contribution in [0.2, 0.25) is 0 Å². The summed E-state index contributed by atoms with van der Waals surface area (Å²) >= 11 is 0. The Morgan fingerprint density at radius 1 is 1.28 bits per heavy atom. The van der Waals surface area contributed by atoms with Gasteiger partial charge in [-0.1, -0.05) is 30.3 Å². The lowest BCUT2D eigenvalue weighted by Crippen LogP contribution is -2.40. The molecule has 0 radical (unpaired) electrons. The molecule has 3 atom stereocenters. The van der Waals surface area contributed by atoms with Crippen molar-refractivity contribution >= 4 is 24.1 Å². The van der Waals surface area contributed by atoms with Gasteiger partial charge in [0.1, 0.15) is 5.82 Å². The maximum absolute atomic E-state index is 12.8. The van der Waals surface area contributed by atoms with Crippen molar-refractivity contribution < 1.29 is 4.79 Å². The maximum atomic E-state index is 12.8. The Morgan fingerprint density at radius 2 is 2.07 bits per heavy atom. The number of halogens is 1. The summed E-state index contributed by atoms with van der Waals surface area (Å²) < 4.78 is 2.04. The second kappa shape index (κ2) is 9.74. The molecule has 158 valence electrons. The Hall–Kier alpha value is -1.89. The van der Waals surface area contributed by atoms with Gasteiger partial charge in [-0.25, -0.2) is 4.68 Å². The number of rotatable bonds is 5. The monoisotopic (exact) mass is 417 g/mol. The molecule has 2 saturated heterocycles. The quantitative estimate of drug-likeness (QED) is 0.782. The van der Waals surface area contributed by atoms with Crippen molar-refractivity contribution in [1.82, 2.24) is 20.0 Å². The van der Waals surface area contributed by atoms with Gasteiger partial charge in [-0.15, -0.1) is 12.4 Å². The van der Waals surface area contributed by atoms with Gasteiger partial charge in [0.2, 0.25) is 5.91 Å². The Bertz CT molecular complexity index is 809. The first-order chi connectivity index (χ1) is 13.6. The molecule has 0 saturated carbocycles. The van der Waals surface area contributed by atoms with E-state index in [4.69, 9.17) is 0 Å². The first-order valence-corrected chi connectivity index (χ1v) is 10.4. The summed E-state index contributed by atoms with van der Waals surface area (Å²) in [5, 5.41) is 11.2. The van der Waals surface area contributed by atoms with Crippen LogP contribution in [0.4, 0.5) is 5.82 Å². The SMILES string of the molecule is Cc1cnn(C2CCN(Cc3ccccc3)C2)c1NC(=O)[C@H]1CCN[C@@H](C)C1.Cl. The van der Waals surface area contributed by atoms with E-state index in [1.165, 1.54) is 5.56 Å². The fourth-order valence-corrected chi connectivity index (χ4v) is 4.47. The fraction of sp³-hybridized carbons (Fsp3) is 0.545. The van der Waals surface area contributed by atoms with E-state index in [2.05, 4.69) is 57.9 Å². The summed E-state index contributed by atoms with van der Waals surface area (Å²) in [7, 11) is 0. The predicted molar refractivity (Wildman–Crippen MR) is 118 cm³/mol. The number of likely N-dealkylation sites (tertiary alicyclic amines) is 1. The molecule has 2 aliphatic heterocycles. The summed E-state index contributed by atoms with van der Waals surface area (Å²) in [5.41, 5.74) is 2.38. The van der Waals surface area contributed by atoms with Gasteiger partial charge in [0.25, 0.3) is 0 Å². The van der Waals surface area contributed by atoms with E-state index in [0.29, 0.717) is 12.1 Å². The summed E-state index contributed by atoms with van der Waals surface area (Å²) in [6.45, 7) is 8.07. The van der Waals surface area contributed by atoms with Crippen LogP contribution >= 0.6 is 12.4 Å². The average Bonchev–Trinajstić information content (AvgIpc) is 3.29. The van der Waals surface area contributed by atoms with Gasteiger partial charge in [-0.3, -0.25) is 9.69 Å². The number of piperidine rings is 1. The largest absolute Gasteiger partial charge is 0.314 e. The van der Waals surface area contributed by atoms with E-state index in [9.17, 15) is 4.79 Å². The number of nitrogens with one attached hydrogen (secondary N) is 2. The van der Waals surface area contributed by atoms with Gasteiger partial charge in [-0.2, -0.15) is 5.10 Å². The second-order valence-corrected chi connectivity index (χ2v) is 8.35. The fourth-order valence-electron chi connectivity index (χ4n) is 4.47. The zero-order valence-electron chi connectivity index (χ0n) is 17.3. The van der Waals surface area contributed by atoms with Crippen LogP contribution in [-0.2, 0) is 11.3 Å². The summed E-state index contributed by atoms with van der Waals surface area (Å²) in [5.74, 6) is 1.09. The van der Waals surface area contributed by atoms with Crippen LogP contribution in [0.3, 0.4) is 0 Å². The van der Waals surface area contributed by atoms with Crippen LogP contribution in [0.5, 0.6) is 0 Å². The third-order valence-electron chi connectivity index (χ3n) is 6.06. The van der Waals surface area contributed by atoms with Crippen molar-refractivity contribution in [3.8, 4) is 0 Å². The topological polar surface area (TPSA) is 62.2 Å². The second-order valence-electron chi connectivity index (χ2n) is 8.35. The molecule has 0 bridgehead atoms. The Balaban J connectivity index is 0.00000240. The maximum Gasteiger partial charge on any atom is 0.228 e. The van der Waals surface area contributed by atoms with Gasteiger partial charge in [0.15, 0.2) is 0 Å². The van der Waals surface area contributed by atoms with Gasteiger partial charge < -0.3 is 10.6 Å². The third kappa shape index (κ3) is 5.18. The van der Waals surface area contributed by atoms with Crippen molar-refractivity contribution in [2.45, 2.75) is 51.7 Å². The first-order valence-electron chi connectivity index (χ1n) is 10.4. The molecule has 1 aromatic heterocycles. The number of amides is 1. The number of carbonyl (C=O) groups is 1. The number of benzene rings is 1. The molecule has 0 aliphatic carbocycles. The minimum atomic E-state index is 0. The minimum absolute atomic E-state index is 0. The third-order valence-corrected chi connectivity index (χ3v) is 6.06. The lowest BCUT2D eigenvalue weighted by Gasteiger charge is -2.27. The normalized spacial score (nSPS) is 24.8. The van der Waals surface area contributed by atoms with Gasteiger partial charge in [0, 0.05) is 37.2 Å². The number of nitrogens with zero attached hydrogens (tertiary/aromatic N) is 3. The predicted octanol–water partition coefficient (Wildman–Crippen LogP) is 3.39. The standard InChI is InChI=1S/C22H31N5O.ClH/c1-16-13-24-27(21(16)25-22(28)19-8-10-23-17(2)12-19)20-9-11-26(15-20)14-18-6-4-3-5-7-18;/h3-7,13,17,19-20,23H,8-12,14-15H2,1-2H3,(H,25,28);1H/t17-,19-,20?;/m0./s1. The van der Waals surface area contributed by atoms with E-state index in [0.717, 1.165) is 56.8 Å². The number of hydrogen-bond donors (Lipinski definition) is 2. The number of aromatic nitrogens is 2. The molecule has 7 heteroatoms. The van der Waals surface area contributed by atoms with Crippen molar-refractivity contribution in [2.24, 2.45) is 5.92 Å². The van der Waals surface area contributed by atoms with Crippen LogP contribution in [0.25, 0.3) is 0 Å². The van der Waals surface area contributed by atoms with Crippen molar-refractivity contribution in [2.75, 3.05) is 25.0 Å². The van der Waals surface area contributed by atoms with Gasteiger partial charge >= 0.3 is 0 Å². The van der Waals surface area contributed by atoms with Crippen molar-refractivity contribution in [3.63, 3.8) is 0 Å². The molecule has 2 N–H and O–H groups in total. The number of hydrogen-bond acceptors (Lipinski definition) is 4. The highest BCUT2D eigenvalue weighted by atomic mass is 35.5. The van der Waals surface area contributed by atoms with Gasteiger partial charge in [-0.05, 0) is 45.2 Å². The van der Waals surface area contributed by atoms with Crippen LogP contribution in [0.15, 0.2) is 36.5 Å². The Kier molecular flexibility index (Phi) is 7.33. The highest BCUT2D eigenvalue weighted by molar-refractivity contribution is 5.92. The summed E-state index contributed by atoms with van der Waals surface area (Å²) in [6.07, 6.45) is 4.73. The average molecular weight is 418 g/mol. The molecule has 2 aliphatic rings. The molecular weight excluding hydrogens is 386 g/mol. The lowest BCUT2D eigenvalue weighted by molar-refractivity contribution is -0.120. The lowest BCUT2D eigenvalue weighted by atomic mass is 9.92. The van der Waals surface area contributed by atoms with Crippen LogP contribution in [0, 0.1) is 12.8 Å². The number of carbonyl (C=O) groups excluding carboxylic acids is 1. The highest BCUT2D eigenvalue weighted by Gasteiger charge is 2.29. The Labute approximate surface area is 179 Å². The molecule has 3 heterocycles. The molecule has 1 amide bonds. The molecule has 29 heavy (non-hydrogen) atoms. The zero-order chi connectivity index (χ0) is 19.5. The van der Waals surface area contributed by atoms with Gasteiger partial charge in [0.05, 0.1) is 12.2 Å². The van der Waals surface area contributed by atoms with Crippen molar-refractivity contribution in [3.05, 3.63) is 47.7 Å². The van der Waals surface area contributed by atoms with Crippen LogP contribution in [-0.4, -0.2) is 46.3 Å². The smallest absolute Gasteiger partial charge is 0.228 e. The molecular formula is C22H32ClN5O. The zero-order valence-corrected chi connectivity index (χ0v) is 18.1. The minimum Gasteiger partial charge on any atom is -0.314 e. The van der Waals surface area contributed by atoms with Crippen LogP contribution in [0.1, 0.15) is 43.4 Å². The van der Waals surface area contributed by atoms with E-state index >= 15 is 0 Å². The highest BCUT2D eigenvalue weighted by Crippen LogP contribution is 2.28. The van der Waals surface area contributed by atoms with Crippen LogP contribution < -0.4 is 10.6 Å². The molecule has 2 aromatic rings. The molecule has 4 rings (SSSR count). The number of aryl methyl sites for hydroxylation is 1. The van der Waals surface area contributed by atoms with Crippen molar-refractivity contribution in [1.29, 1.82) is 0 Å². The number of anilines is 1. The van der Waals surface area contributed by atoms with E-state index in [-0.39, 0.29) is 24.2 Å². The summed E-state index contributed by atoms with van der Waals surface area (Å²) in [4.78, 5) is 15.3. The molecule has 2 fully saturated rings. The Morgan fingerprint density at radius 3 is 2.83 bits per heavy atom. The van der Waals surface area contributed by atoms with E-state index in [1.54, 1.807) is 0 Å². The first kappa shape index (κ1) is 21.8. The molecule has 1 unspecified atom stereocenters. The summed E-state index contributed by atoms with van der Waals surface area (Å²) in [6, 6.07) is 11.3.